The zero-order valence-corrected chi connectivity index (χ0v) is 13.1. The summed E-state index contributed by atoms with van der Waals surface area (Å²) in [5.74, 6) is 0. The van der Waals surface area contributed by atoms with Crippen molar-refractivity contribution in [2.24, 2.45) is 0 Å². The molecule has 3 rings (SSSR count). The molecule has 0 aliphatic carbocycles. The molecule has 0 saturated carbocycles. The molecule has 0 atom stereocenters. The Morgan fingerprint density at radius 3 is 2.90 bits per heavy atom. The number of hydrogen-bond donors (Lipinski definition) is 1. The highest BCUT2D eigenvalue weighted by molar-refractivity contribution is 7.18. The lowest BCUT2D eigenvalue weighted by Gasteiger charge is -2.04. The van der Waals surface area contributed by atoms with E-state index in [9.17, 15) is 0 Å². The molecule has 0 aliphatic rings. The van der Waals surface area contributed by atoms with E-state index in [-0.39, 0.29) is 0 Å². The highest BCUT2D eigenvalue weighted by Crippen LogP contribution is 2.32. The number of aromatic nitrogens is 3. The van der Waals surface area contributed by atoms with Crippen LogP contribution in [0.1, 0.15) is 25.5 Å². The van der Waals surface area contributed by atoms with Crippen molar-refractivity contribution in [2.45, 2.75) is 26.7 Å². The monoisotopic (exact) mass is 298 g/mol. The molecule has 0 unspecified atom stereocenters. The normalized spacial score (nSPS) is 11.0. The summed E-state index contributed by atoms with van der Waals surface area (Å²) in [5.41, 5.74) is 3.11. The summed E-state index contributed by atoms with van der Waals surface area (Å²) < 4.78 is 0. The van der Waals surface area contributed by atoms with Gasteiger partial charge in [0.2, 0.25) is 5.13 Å². The molecule has 108 valence electrons. The van der Waals surface area contributed by atoms with Crippen LogP contribution in [0.4, 0.5) is 5.13 Å². The fourth-order valence-electron chi connectivity index (χ4n) is 2.26. The van der Waals surface area contributed by atoms with Crippen LogP contribution in [0.15, 0.2) is 30.3 Å². The van der Waals surface area contributed by atoms with E-state index in [0.29, 0.717) is 0 Å². The Balaban J connectivity index is 1.97. The SMILES string of the molecule is CCCCNc1nnc(-c2cc(C)nc3ccccc23)s1. The van der Waals surface area contributed by atoms with Crippen LogP contribution in [0, 0.1) is 6.92 Å². The molecule has 0 saturated heterocycles. The summed E-state index contributed by atoms with van der Waals surface area (Å²) in [5, 5.41) is 14.9. The second-order valence-electron chi connectivity index (χ2n) is 5.02. The third-order valence-electron chi connectivity index (χ3n) is 3.31. The summed E-state index contributed by atoms with van der Waals surface area (Å²) in [6.07, 6.45) is 2.32. The molecule has 0 amide bonds. The Kier molecular flexibility index (Phi) is 4.10. The van der Waals surface area contributed by atoms with E-state index in [2.05, 4.69) is 39.6 Å². The third-order valence-corrected chi connectivity index (χ3v) is 4.22. The van der Waals surface area contributed by atoms with Crippen molar-refractivity contribution in [1.29, 1.82) is 0 Å². The van der Waals surface area contributed by atoms with Crippen LogP contribution in [0.2, 0.25) is 0 Å². The van der Waals surface area contributed by atoms with Crippen molar-refractivity contribution in [3.8, 4) is 10.6 Å². The van der Waals surface area contributed by atoms with Gasteiger partial charge in [0.05, 0.1) is 5.52 Å². The zero-order chi connectivity index (χ0) is 14.7. The van der Waals surface area contributed by atoms with Gasteiger partial charge in [-0.05, 0) is 25.5 Å². The van der Waals surface area contributed by atoms with Crippen LogP contribution in [0.3, 0.4) is 0 Å². The van der Waals surface area contributed by atoms with E-state index in [1.165, 1.54) is 6.42 Å². The largest absolute Gasteiger partial charge is 0.360 e. The summed E-state index contributed by atoms with van der Waals surface area (Å²) in [6.45, 7) is 5.14. The summed E-state index contributed by atoms with van der Waals surface area (Å²) >= 11 is 1.60. The zero-order valence-electron chi connectivity index (χ0n) is 12.3. The standard InChI is InChI=1S/C16H18N4S/c1-3-4-9-17-16-20-19-15(21-16)13-10-11(2)18-14-8-6-5-7-12(13)14/h5-8,10H,3-4,9H2,1-2H3,(H,17,20). The van der Waals surface area contributed by atoms with E-state index in [1.54, 1.807) is 11.3 Å². The Bertz CT molecular complexity index is 751. The summed E-state index contributed by atoms with van der Waals surface area (Å²) in [6, 6.07) is 10.2. The van der Waals surface area contributed by atoms with Crippen molar-refractivity contribution >= 4 is 27.4 Å². The van der Waals surface area contributed by atoms with Crippen LogP contribution < -0.4 is 5.32 Å². The average Bonchev–Trinajstić information content (AvgIpc) is 2.95. The maximum Gasteiger partial charge on any atom is 0.206 e. The molecular weight excluding hydrogens is 280 g/mol. The fraction of sp³-hybridized carbons (Fsp3) is 0.312. The summed E-state index contributed by atoms with van der Waals surface area (Å²) in [4.78, 5) is 4.57. The van der Waals surface area contributed by atoms with Gasteiger partial charge in [-0.3, -0.25) is 4.98 Å². The lowest BCUT2D eigenvalue weighted by Crippen LogP contribution is -1.99. The minimum Gasteiger partial charge on any atom is -0.360 e. The van der Waals surface area contributed by atoms with Gasteiger partial charge in [-0.15, -0.1) is 10.2 Å². The molecule has 4 nitrogen and oxygen atoms in total. The first-order chi connectivity index (χ1) is 10.3. The molecule has 0 fully saturated rings. The summed E-state index contributed by atoms with van der Waals surface area (Å²) in [7, 11) is 0. The molecule has 3 aromatic rings. The minimum atomic E-state index is 0.886. The van der Waals surface area contributed by atoms with E-state index >= 15 is 0 Å². The number of fused-ring (bicyclic) bond motifs is 1. The molecule has 21 heavy (non-hydrogen) atoms. The van der Waals surface area contributed by atoms with Gasteiger partial charge in [-0.25, -0.2) is 0 Å². The first-order valence-corrected chi connectivity index (χ1v) is 8.03. The Hall–Kier alpha value is -2.01. The predicted octanol–water partition coefficient (Wildman–Crippen LogP) is 4.27. The molecule has 5 heteroatoms. The van der Waals surface area contributed by atoms with Gasteiger partial charge >= 0.3 is 0 Å². The lowest BCUT2D eigenvalue weighted by molar-refractivity contribution is 0.831. The molecule has 1 N–H and O–H groups in total. The number of anilines is 1. The average molecular weight is 298 g/mol. The molecule has 0 spiro atoms. The number of hydrogen-bond acceptors (Lipinski definition) is 5. The van der Waals surface area contributed by atoms with Crippen molar-refractivity contribution in [2.75, 3.05) is 11.9 Å². The van der Waals surface area contributed by atoms with E-state index in [4.69, 9.17) is 0 Å². The number of unbranched alkanes of at least 4 members (excludes halogenated alkanes) is 1. The van der Waals surface area contributed by atoms with Gasteiger partial charge in [0.15, 0.2) is 0 Å². The van der Waals surface area contributed by atoms with Crippen LogP contribution in [0.25, 0.3) is 21.5 Å². The van der Waals surface area contributed by atoms with Crippen molar-refractivity contribution in [1.82, 2.24) is 15.2 Å². The smallest absolute Gasteiger partial charge is 0.206 e. The molecular formula is C16H18N4S. The van der Waals surface area contributed by atoms with E-state index in [1.807, 2.05) is 25.1 Å². The van der Waals surface area contributed by atoms with Gasteiger partial charge in [0.25, 0.3) is 0 Å². The van der Waals surface area contributed by atoms with Gasteiger partial charge in [-0.2, -0.15) is 0 Å². The molecule has 0 radical (unpaired) electrons. The molecule has 1 aromatic carbocycles. The molecule has 2 aromatic heterocycles. The second-order valence-corrected chi connectivity index (χ2v) is 6.00. The van der Waals surface area contributed by atoms with Crippen molar-refractivity contribution in [3.63, 3.8) is 0 Å². The Labute approximate surface area is 128 Å². The maximum absolute atomic E-state index is 4.57. The van der Waals surface area contributed by atoms with Gasteiger partial charge in [-0.1, -0.05) is 42.9 Å². The number of para-hydroxylation sites is 1. The number of nitrogens with one attached hydrogen (secondary N) is 1. The topological polar surface area (TPSA) is 50.7 Å². The van der Waals surface area contributed by atoms with Crippen molar-refractivity contribution < 1.29 is 0 Å². The third kappa shape index (κ3) is 3.03. The number of pyridine rings is 1. The van der Waals surface area contributed by atoms with Crippen LogP contribution in [-0.4, -0.2) is 21.7 Å². The van der Waals surface area contributed by atoms with Gasteiger partial charge in [0.1, 0.15) is 5.01 Å². The van der Waals surface area contributed by atoms with E-state index < -0.39 is 0 Å². The van der Waals surface area contributed by atoms with Gasteiger partial charge < -0.3 is 5.32 Å². The second kappa shape index (κ2) is 6.18. The molecule has 2 heterocycles. The quantitative estimate of drug-likeness (QED) is 0.714. The molecule has 0 aliphatic heterocycles. The maximum atomic E-state index is 4.57. The first kappa shape index (κ1) is 13.9. The van der Waals surface area contributed by atoms with E-state index in [0.717, 1.165) is 45.3 Å². The van der Waals surface area contributed by atoms with Gasteiger partial charge in [0, 0.05) is 23.2 Å². The highest BCUT2D eigenvalue weighted by atomic mass is 32.1. The van der Waals surface area contributed by atoms with Crippen LogP contribution in [-0.2, 0) is 0 Å². The number of nitrogens with zero attached hydrogens (tertiary/aromatic N) is 3. The Morgan fingerprint density at radius 1 is 1.19 bits per heavy atom. The van der Waals surface area contributed by atoms with Crippen LogP contribution in [0.5, 0.6) is 0 Å². The number of rotatable bonds is 5. The first-order valence-electron chi connectivity index (χ1n) is 7.22. The Morgan fingerprint density at radius 2 is 2.05 bits per heavy atom. The highest BCUT2D eigenvalue weighted by Gasteiger charge is 2.11. The molecule has 0 bridgehead atoms. The predicted molar refractivity (Wildman–Crippen MR) is 88.8 cm³/mol. The number of aryl methyl sites for hydroxylation is 1. The van der Waals surface area contributed by atoms with Crippen LogP contribution >= 0.6 is 11.3 Å². The number of benzene rings is 1. The lowest BCUT2D eigenvalue weighted by atomic mass is 10.1. The van der Waals surface area contributed by atoms with Crippen molar-refractivity contribution in [3.05, 3.63) is 36.0 Å². The minimum absolute atomic E-state index is 0.886. The fourth-order valence-corrected chi connectivity index (χ4v) is 3.06.